The van der Waals surface area contributed by atoms with E-state index in [0.717, 1.165) is 30.6 Å². The largest absolute Gasteiger partial charge is 0.269 e. The Labute approximate surface area is 96.1 Å². The molecule has 0 bridgehead atoms. The van der Waals surface area contributed by atoms with E-state index in [1.54, 1.807) is 0 Å². The zero-order chi connectivity index (χ0) is 11.8. The summed E-state index contributed by atoms with van der Waals surface area (Å²) in [6, 6.07) is 0. The lowest BCUT2D eigenvalue weighted by atomic mass is 10.2. The molecule has 1 aromatic heterocycles. The second-order valence-corrected chi connectivity index (χ2v) is 6.04. The lowest BCUT2D eigenvalue weighted by Crippen LogP contribution is -2.29. The molecule has 89 valence electrons. The number of hydrogen-bond donors (Lipinski definition) is 0. The molecule has 0 unspecified atom stereocenters. The van der Waals surface area contributed by atoms with Gasteiger partial charge in [-0.05, 0) is 19.8 Å². The number of hydrogen-bond acceptors (Lipinski definition) is 3. The van der Waals surface area contributed by atoms with Gasteiger partial charge in [-0.2, -0.15) is 9.40 Å². The van der Waals surface area contributed by atoms with Gasteiger partial charge >= 0.3 is 0 Å². The van der Waals surface area contributed by atoms with Crippen LogP contribution in [0.15, 0.2) is 0 Å². The molecule has 0 spiro atoms. The van der Waals surface area contributed by atoms with Crippen LogP contribution in [0.1, 0.15) is 24.6 Å². The molecule has 5 nitrogen and oxygen atoms in total. The van der Waals surface area contributed by atoms with Crippen LogP contribution in [-0.4, -0.2) is 35.3 Å². The predicted octanol–water partition coefficient (Wildman–Crippen LogP) is 0.411. The maximum absolute atomic E-state index is 11.5. The van der Waals surface area contributed by atoms with Crippen LogP contribution in [0.2, 0.25) is 0 Å². The molecule has 0 saturated carbocycles. The molecule has 0 atom stereocenters. The monoisotopic (exact) mass is 242 g/mol. The van der Waals surface area contributed by atoms with E-state index in [0.29, 0.717) is 13.1 Å². The van der Waals surface area contributed by atoms with Crippen LogP contribution >= 0.6 is 0 Å². The summed E-state index contributed by atoms with van der Waals surface area (Å²) in [7, 11) is -3.11. The molecule has 0 aromatic carbocycles. The number of aromatic nitrogens is 2. The first-order valence-corrected chi connectivity index (χ1v) is 7.28. The van der Waals surface area contributed by atoms with E-state index in [9.17, 15) is 8.42 Å². The molecule has 0 amide bonds. The van der Waals surface area contributed by atoms with Gasteiger partial charge in [0.1, 0.15) is 6.20 Å². The van der Waals surface area contributed by atoms with Gasteiger partial charge in [0.2, 0.25) is 10.0 Å². The Hall–Kier alpha value is -0.880. The SMILES string of the molecule is CCn1n[c]c2c1CCCN(S(C)(=O)=O)C2. The number of nitrogens with zero attached hydrogens (tertiary/aromatic N) is 3. The zero-order valence-corrected chi connectivity index (χ0v) is 10.4. The highest BCUT2D eigenvalue weighted by atomic mass is 32.2. The van der Waals surface area contributed by atoms with E-state index >= 15 is 0 Å². The van der Waals surface area contributed by atoms with E-state index in [2.05, 4.69) is 11.3 Å². The number of fused-ring (bicyclic) bond motifs is 1. The first kappa shape index (κ1) is 11.6. The average Bonchev–Trinajstić information content (AvgIpc) is 2.45. The third kappa shape index (κ3) is 2.12. The Morgan fingerprint density at radius 2 is 2.25 bits per heavy atom. The van der Waals surface area contributed by atoms with Crippen LogP contribution in [0.3, 0.4) is 0 Å². The van der Waals surface area contributed by atoms with Crippen molar-refractivity contribution in [1.82, 2.24) is 14.1 Å². The van der Waals surface area contributed by atoms with Crippen molar-refractivity contribution in [3.63, 3.8) is 0 Å². The number of rotatable bonds is 2. The van der Waals surface area contributed by atoms with Gasteiger partial charge in [-0.15, -0.1) is 0 Å². The summed E-state index contributed by atoms with van der Waals surface area (Å²) in [5.41, 5.74) is 2.05. The van der Waals surface area contributed by atoms with E-state index in [4.69, 9.17) is 0 Å². The standard InChI is InChI=1S/C10H16N3O2S/c1-3-13-10-5-4-6-12(16(2,14)15)8-9(10)7-11-13/h3-6,8H2,1-2H3. The van der Waals surface area contributed by atoms with Crippen LogP contribution in [0.4, 0.5) is 0 Å². The summed E-state index contributed by atoms with van der Waals surface area (Å²) in [5, 5.41) is 4.14. The summed E-state index contributed by atoms with van der Waals surface area (Å²) in [6.07, 6.45) is 5.91. The Morgan fingerprint density at radius 3 is 2.88 bits per heavy atom. The van der Waals surface area contributed by atoms with Gasteiger partial charge in [0.15, 0.2) is 0 Å². The first-order chi connectivity index (χ1) is 7.52. The fourth-order valence-electron chi connectivity index (χ4n) is 2.03. The van der Waals surface area contributed by atoms with Gasteiger partial charge in [-0.3, -0.25) is 4.68 Å². The molecule has 1 radical (unpaired) electrons. The molecule has 1 aliphatic rings. The Kier molecular flexibility index (Phi) is 3.03. The molecule has 2 heterocycles. The summed E-state index contributed by atoms with van der Waals surface area (Å²) < 4.78 is 26.4. The van der Waals surface area contributed by atoms with Crippen molar-refractivity contribution in [2.75, 3.05) is 12.8 Å². The predicted molar refractivity (Wildman–Crippen MR) is 60.3 cm³/mol. The normalized spacial score (nSPS) is 18.1. The summed E-state index contributed by atoms with van der Waals surface area (Å²) in [6.45, 7) is 3.84. The van der Waals surface area contributed by atoms with Crippen molar-refractivity contribution in [2.45, 2.75) is 32.9 Å². The molecule has 1 aliphatic heterocycles. The highest BCUT2D eigenvalue weighted by molar-refractivity contribution is 7.88. The Morgan fingerprint density at radius 1 is 1.50 bits per heavy atom. The highest BCUT2D eigenvalue weighted by Gasteiger charge is 2.23. The average molecular weight is 242 g/mol. The van der Waals surface area contributed by atoms with Crippen molar-refractivity contribution in [3.8, 4) is 0 Å². The van der Waals surface area contributed by atoms with Crippen LogP contribution in [0.5, 0.6) is 0 Å². The molecule has 1 aromatic rings. The Bertz CT molecular complexity index is 478. The maximum Gasteiger partial charge on any atom is 0.211 e. The van der Waals surface area contributed by atoms with Crippen molar-refractivity contribution >= 4 is 10.0 Å². The van der Waals surface area contributed by atoms with Gasteiger partial charge in [-0.1, -0.05) is 0 Å². The van der Waals surface area contributed by atoms with Crippen molar-refractivity contribution in [1.29, 1.82) is 0 Å². The molecular formula is C10H16N3O2S. The molecule has 2 rings (SSSR count). The van der Waals surface area contributed by atoms with E-state index in [1.807, 2.05) is 11.6 Å². The van der Waals surface area contributed by atoms with Gasteiger partial charge in [-0.25, -0.2) is 8.42 Å². The fraction of sp³-hybridized carbons (Fsp3) is 0.700. The van der Waals surface area contributed by atoms with Crippen molar-refractivity contribution < 1.29 is 8.42 Å². The molecule has 0 fully saturated rings. The number of aryl methyl sites for hydroxylation is 1. The van der Waals surface area contributed by atoms with Gasteiger partial charge < -0.3 is 0 Å². The second-order valence-electron chi connectivity index (χ2n) is 4.05. The van der Waals surface area contributed by atoms with E-state index < -0.39 is 10.0 Å². The highest BCUT2D eigenvalue weighted by Crippen LogP contribution is 2.19. The fourth-order valence-corrected chi connectivity index (χ4v) is 2.86. The quantitative estimate of drug-likeness (QED) is 0.755. The molecule has 6 heteroatoms. The van der Waals surface area contributed by atoms with Gasteiger partial charge in [0.05, 0.1) is 6.26 Å². The summed E-state index contributed by atoms with van der Waals surface area (Å²) >= 11 is 0. The lowest BCUT2D eigenvalue weighted by Gasteiger charge is -2.16. The molecule has 0 saturated heterocycles. The smallest absolute Gasteiger partial charge is 0.211 e. The van der Waals surface area contributed by atoms with Crippen LogP contribution < -0.4 is 0 Å². The summed E-state index contributed by atoms with van der Waals surface area (Å²) in [5.74, 6) is 0. The van der Waals surface area contributed by atoms with Crippen LogP contribution in [-0.2, 0) is 29.5 Å². The third-order valence-corrected chi connectivity index (χ3v) is 4.14. The van der Waals surface area contributed by atoms with Crippen molar-refractivity contribution in [3.05, 3.63) is 17.5 Å². The molecule has 0 N–H and O–H groups in total. The third-order valence-electron chi connectivity index (χ3n) is 2.89. The Balaban J connectivity index is 2.32. The second kappa shape index (κ2) is 4.18. The topological polar surface area (TPSA) is 55.2 Å². The minimum Gasteiger partial charge on any atom is -0.269 e. The van der Waals surface area contributed by atoms with E-state index in [-0.39, 0.29) is 0 Å². The first-order valence-electron chi connectivity index (χ1n) is 5.43. The molecular weight excluding hydrogens is 226 g/mol. The summed E-state index contributed by atoms with van der Waals surface area (Å²) in [4.78, 5) is 0. The number of sulfonamides is 1. The molecule has 0 aliphatic carbocycles. The van der Waals surface area contributed by atoms with Crippen LogP contribution in [0.25, 0.3) is 0 Å². The van der Waals surface area contributed by atoms with Crippen LogP contribution in [0, 0.1) is 6.20 Å². The zero-order valence-electron chi connectivity index (χ0n) is 9.60. The minimum absolute atomic E-state index is 0.411. The van der Waals surface area contributed by atoms with E-state index in [1.165, 1.54) is 10.6 Å². The van der Waals surface area contributed by atoms with Crippen molar-refractivity contribution in [2.24, 2.45) is 0 Å². The minimum atomic E-state index is -3.11. The maximum atomic E-state index is 11.5. The molecule has 16 heavy (non-hydrogen) atoms. The van der Waals surface area contributed by atoms with Gasteiger partial charge in [0, 0.05) is 30.9 Å². The lowest BCUT2D eigenvalue weighted by molar-refractivity contribution is 0.413. The van der Waals surface area contributed by atoms with Gasteiger partial charge in [0.25, 0.3) is 0 Å².